The van der Waals surface area contributed by atoms with Gasteiger partial charge in [-0.25, -0.2) is 4.39 Å². The van der Waals surface area contributed by atoms with Gasteiger partial charge in [0.25, 0.3) is 5.91 Å². The Morgan fingerprint density at radius 2 is 2.03 bits per heavy atom. The van der Waals surface area contributed by atoms with Crippen LogP contribution in [0.4, 0.5) is 10.1 Å². The molecule has 1 fully saturated rings. The van der Waals surface area contributed by atoms with Gasteiger partial charge in [0.15, 0.2) is 19.0 Å². The number of ketones is 1. The fourth-order valence-corrected chi connectivity index (χ4v) is 3.82. The van der Waals surface area contributed by atoms with E-state index in [0.717, 1.165) is 12.8 Å². The number of nitrogens with one attached hydrogen (secondary N) is 1. The zero-order valence-corrected chi connectivity index (χ0v) is 18.2. The van der Waals surface area contributed by atoms with E-state index in [1.807, 2.05) is 0 Å². The smallest absolute Gasteiger partial charge is 0.265 e. The van der Waals surface area contributed by atoms with Crippen LogP contribution in [0.3, 0.4) is 0 Å². The molecule has 0 spiro atoms. The molecule has 0 saturated carbocycles. The number of Topliss-reactive ketones (excluding diaryl/α,β-unsaturated/α-hetero) is 1. The Hall–Kier alpha value is -3.46. The van der Waals surface area contributed by atoms with Gasteiger partial charge in [0.05, 0.1) is 11.8 Å². The zero-order valence-electron chi connectivity index (χ0n) is 18.2. The minimum Gasteiger partial charge on any atom is -0.485 e. The molecule has 0 aromatic heterocycles. The second kappa shape index (κ2) is 9.99. The summed E-state index contributed by atoms with van der Waals surface area (Å²) in [6.07, 6.45) is 1.84. The number of benzene rings is 2. The molecule has 9 heteroatoms. The van der Waals surface area contributed by atoms with E-state index in [-0.39, 0.29) is 36.9 Å². The number of rotatable bonds is 8. The molecule has 2 atom stereocenters. The van der Waals surface area contributed by atoms with Crippen LogP contribution >= 0.6 is 0 Å². The van der Waals surface area contributed by atoms with Gasteiger partial charge < -0.3 is 19.5 Å². The van der Waals surface area contributed by atoms with Crippen molar-refractivity contribution in [2.24, 2.45) is 0 Å². The topological polar surface area (TPSA) is 94.2 Å². The van der Waals surface area contributed by atoms with E-state index >= 15 is 0 Å². The fraction of sp³-hybridized carbons (Fsp3) is 0.375. The van der Waals surface area contributed by atoms with Crippen LogP contribution in [-0.2, 0) is 14.3 Å². The molecule has 8 nitrogen and oxygen atoms in total. The Morgan fingerprint density at radius 1 is 1.24 bits per heavy atom. The first kappa shape index (κ1) is 22.7. The average Bonchev–Trinajstić information content (AvgIpc) is 3.35. The molecule has 0 aliphatic carbocycles. The molecular weight excluding hydrogens is 431 g/mol. The maximum absolute atomic E-state index is 13.0. The normalized spacial score (nSPS) is 18.3. The molecule has 2 heterocycles. The van der Waals surface area contributed by atoms with Gasteiger partial charge in [0.2, 0.25) is 5.91 Å². The van der Waals surface area contributed by atoms with Gasteiger partial charge in [-0.3, -0.25) is 19.3 Å². The van der Waals surface area contributed by atoms with Crippen molar-refractivity contribution in [3.05, 3.63) is 53.8 Å². The third kappa shape index (κ3) is 5.31. The number of carbonyl (C=O) groups excluding carboxylic acids is 3. The first-order chi connectivity index (χ1) is 15.9. The van der Waals surface area contributed by atoms with Crippen molar-refractivity contribution in [2.45, 2.75) is 31.9 Å². The maximum Gasteiger partial charge on any atom is 0.265 e. The summed E-state index contributed by atoms with van der Waals surface area (Å²) in [6, 6.07) is 9.23. The Labute approximate surface area is 190 Å². The summed E-state index contributed by atoms with van der Waals surface area (Å²) in [5.74, 6) is -0.668. The van der Waals surface area contributed by atoms with Gasteiger partial charge >= 0.3 is 0 Å². The van der Waals surface area contributed by atoms with E-state index < -0.39 is 11.9 Å². The van der Waals surface area contributed by atoms with Crippen LogP contribution < -0.4 is 19.7 Å². The third-order valence-electron chi connectivity index (χ3n) is 5.64. The largest absolute Gasteiger partial charge is 0.485 e. The van der Waals surface area contributed by atoms with Gasteiger partial charge in [0.1, 0.15) is 23.4 Å². The Balaban J connectivity index is 1.46. The lowest BCUT2D eigenvalue weighted by atomic mass is 10.1. The summed E-state index contributed by atoms with van der Waals surface area (Å²) in [4.78, 5) is 39.4. The third-order valence-corrected chi connectivity index (χ3v) is 5.64. The van der Waals surface area contributed by atoms with Crippen molar-refractivity contribution in [1.82, 2.24) is 5.32 Å². The van der Waals surface area contributed by atoms with E-state index in [9.17, 15) is 18.8 Å². The molecule has 1 N–H and O–H groups in total. The number of fused-ring (bicyclic) bond motifs is 1. The number of carbonyl (C=O) groups is 3. The summed E-state index contributed by atoms with van der Waals surface area (Å²) in [6.45, 7) is 2.23. The summed E-state index contributed by atoms with van der Waals surface area (Å²) in [5, 5.41) is 2.84. The fourth-order valence-electron chi connectivity index (χ4n) is 3.82. The zero-order chi connectivity index (χ0) is 23.4. The molecule has 2 aromatic rings. The first-order valence-electron chi connectivity index (χ1n) is 10.8. The molecule has 1 saturated heterocycles. The van der Waals surface area contributed by atoms with E-state index in [2.05, 4.69) is 5.32 Å². The first-order valence-corrected chi connectivity index (χ1v) is 10.8. The lowest BCUT2D eigenvalue weighted by molar-refractivity contribution is -0.127. The number of hydrogen-bond donors (Lipinski definition) is 1. The van der Waals surface area contributed by atoms with Gasteiger partial charge in [-0.1, -0.05) is 0 Å². The molecule has 2 unspecified atom stereocenters. The Bertz CT molecular complexity index is 1040. The Kier molecular flexibility index (Phi) is 6.88. The number of amides is 2. The summed E-state index contributed by atoms with van der Waals surface area (Å²) < 4.78 is 29.5. The molecular formula is C24H25FN2O6. The molecule has 33 heavy (non-hydrogen) atoms. The van der Waals surface area contributed by atoms with Gasteiger partial charge in [0, 0.05) is 18.7 Å². The number of ether oxygens (including phenoxy) is 3. The van der Waals surface area contributed by atoms with Crippen LogP contribution in [0.2, 0.25) is 0 Å². The highest BCUT2D eigenvalue weighted by atomic mass is 19.1. The molecule has 2 aromatic carbocycles. The molecule has 4 rings (SSSR count). The standard InChI is InChI=1S/C24H25FN2O6/c1-15(24(30)26-12-19-3-2-10-31-19)27-20-11-16(4-9-22(20)33-14-23(27)29)21(28)13-32-18-7-5-17(25)6-8-18/h4-9,11,15,19H,2-3,10,12-14H2,1H3,(H,26,30). The van der Waals surface area contributed by atoms with Gasteiger partial charge in [-0.15, -0.1) is 0 Å². The highest BCUT2D eigenvalue weighted by molar-refractivity contribution is 6.05. The SMILES string of the molecule is CC(C(=O)NCC1CCCO1)N1C(=O)COc2ccc(C(=O)COc3ccc(F)cc3)cc21. The minimum absolute atomic E-state index is 0.0147. The van der Waals surface area contributed by atoms with Crippen LogP contribution in [0.1, 0.15) is 30.1 Å². The molecule has 2 amide bonds. The molecule has 0 radical (unpaired) electrons. The van der Waals surface area contributed by atoms with E-state index in [1.54, 1.807) is 19.1 Å². The van der Waals surface area contributed by atoms with Crippen LogP contribution in [0.15, 0.2) is 42.5 Å². The lowest BCUT2D eigenvalue weighted by Crippen LogP contribution is -2.52. The van der Waals surface area contributed by atoms with Crippen LogP contribution in [0.25, 0.3) is 0 Å². The summed E-state index contributed by atoms with van der Waals surface area (Å²) in [7, 11) is 0. The number of halogens is 1. The number of hydrogen-bond acceptors (Lipinski definition) is 6. The van der Waals surface area contributed by atoms with Crippen molar-refractivity contribution in [1.29, 1.82) is 0 Å². The van der Waals surface area contributed by atoms with E-state index in [0.29, 0.717) is 35.9 Å². The van der Waals surface area contributed by atoms with Crippen molar-refractivity contribution in [3.8, 4) is 11.5 Å². The monoisotopic (exact) mass is 456 g/mol. The van der Waals surface area contributed by atoms with Crippen molar-refractivity contribution >= 4 is 23.3 Å². The molecule has 2 aliphatic rings. The predicted molar refractivity (Wildman–Crippen MR) is 117 cm³/mol. The summed E-state index contributed by atoms with van der Waals surface area (Å²) >= 11 is 0. The van der Waals surface area contributed by atoms with Crippen molar-refractivity contribution in [2.75, 3.05) is 31.3 Å². The number of anilines is 1. The predicted octanol–water partition coefficient (Wildman–Crippen LogP) is 2.50. The highest BCUT2D eigenvalue weighted by Gasteiger charge is 2.34. The second-order valence-electron chi connectivity index (χ2n) is 7.96. The van der Waals surface area contributed by atoms with Crippen LogP contribution in [0.5, 0.6) is 11.5 Å². The van der Waals surface area contributed by atoms with Gasteiger partial charge in [-0.2, -0.15) is 0 Å². The number of nitrogens with zero attached hydrogens (tertiary/aromatic N) is 1. The lowest BCUT2D eigenvalue weighted by Gasteiger charge is -2.33. The van der Waals surface area contributed by atoms with Crippen molar-refractivity contribution < 1.29 is 33.0 Å². The van der Waals surface area contributed by atoms with Crippen LogP contribution in [-0.4, -0.2) is 56.1 Å². The minimum atomic E-state index is -0.803. The Morgan fingerprint density at radius 3 is 2.76 bits per heavy atom. The second-order valence-corrected chi connectivity index (χ2v) is 7.96. The quantitative estimate of drug-likeness (QED) is 0.614. The highest BCUT2D eigenvalue weighted by Crippen LogP contribution is 2.34. The molecule has 174 valence electrons. The van der Waals surface area contributed by atoms with E-state index in [1.165, 1.54) is 35.2 Å². The van der Waals surface area contributed by atoms with Crippen LogP contribution in [0, 0.1) is 5.82 Å². The van der Waals surface area contributed by atoms with Crippen molar-refractivity contribution in [3.63, 3.8) is 0 Å². The summed E-state index contributed by atoms with van der Waals surface area (Å²) in [5.41, 5.74) is 0.643. The average molecular weight is 456 g/mol. The van der Waals surface area contributed by atoms with Gasteiger partial charge in [-0.05, 0) is 62.2 Å². The van der Waals surface area contributed by atoms with E-state index in [4.69, 9.17) is 14.2 Å². The molecule has 2 aliphatic heterocycles. The molecule has 0 bridgehead atoms. The maximum atomic E-state index is 13.0.